The smallest absolute Gasteiger partial charge is 0.278 e. The van der Waals surface area contributed by atoms with Gasteiger partial charge in [0.2, 0.25) is 8.32 Å². The molecule has 2 aliphatic rings. The molecule has 2 heterocycles. The van der Waals surface area contributed by atoms with E-state index < -0.39 is 8.32 Å². The van der Waals surface area contributed by atoms with Crippen LogP contribution >= 0.6 is 0 Å². The van der Waals surface area contributed by atoms with E-state index in [2.05, 4.69) is 63.1 Å². The van der Waals surface area contributed by atoms with Gasteiger partial charge in [0.15, 0.2) is 5.82 Å². The molecule has 1 N–H and O–H groups in total. The number of imidazole rings is 1. The van der Waals surface area contributed by atoms with Gasteiger partial charge in [-0.25, -0.2) is 4.98 Å². The van der Waals surface area contributed by atoms with E-state index in [0.29, 0.717) is 31.0 Å². The molecule has 0 amide bonds. The zero-order chi connectivity index (χ0) is 29.2. The first kappa shape index (κ1) is 28.6. The van der Waals surface area contributed by atoms with Crippen LogP contribution in [-0.4, -0.2) is 30.0 Å². The standard InChI is InChI=1S/C34H39N3O3Si/c1-34(2,3)41(5,6)40-28-17-11-16-27(21-28)31-22-37-32(29(35-31)19-24-12-8-7-9-13-24)36-30(33(37)38)20-25-14-10-15-26(18-25)23-39-4/h7-18,21-22,35H,19-20,23H2,1-6H3. The molecular formula is C34H39N3O3Si. The Morgan fingerprint density at radius 2 is 1.59 bits per heavy atom. The lowest BCUT2D eigenvalue weighted by molar-refractivity contribution is 0.185. The molecule has 3 aromatic carbocycles. The Morgan fingerprint density at radius 3 is 2.32 bits per heavy atom. The number of hydrogen-bond acceptors (Lipinski definition) is 4. The Kier molecular flexibility index (Phi) is 8.02. The second kappa shape index (κ2) is 11.5. The molecule has 0 saturated heterocycles. The number of rotatable bonds is 9. The molecule has 5 rings (SSSR count). The fourth-order valence-electron chi connectivity index (χ4n) is 4.73. The van der Waals surface area contributed by atoms with Crippen LogP contribution in [0.1, 0.15) is 48.8 Å². The third-order valence-electron chi connectivity index (χ3n) is 7.97. The van der Waals surface area contributed by atoms with E-state index >= 15 is 0 Å². The molecule has 0 saturated carbocycles. The average Bonchev–Trinajstić information content (AvgIpc) is 3.24. The Morgan fingerprint density at radius 1 is 0.878 bits per heavy atom. The highest BCUT2D eigenvalue weighted by Crippen LogP contribution is 2.38. The van der Waals surface area contributed by atoms with Crippen molar-refractivity contribution < 1.29 is 9.16 Å². The maximum Gasteiger partial charge on any atom is 0.278 e. The number of ether oxygens (including phenoxy) is 1. The summed E-state index contributed by atoms with van der Waals surface area (Å²) in [5.41, 5.74) is 6.35. The van der Waals surface area contributed by atoms with Crippen LogP contribution in [0.5, 0.6) is 5.75 Å². The first-order valence-corrected chi connectivity index (χ1v) is 17.0. The molecule has 0 atom stereocenters. The lowest BCUT2D eigenvalue weighted by Gasteiger charge is -2.36. The number of H-pyrrole nitrogens is 1. The molecule has 0 radical (unpaired) electrons. The third kappa shape index (κ3) is 6.37. The van der Waals surface area contributed by atoms with E-state index in [1.807, 2.05) is 60.8 Å². The van der Waals surface area contributed by atoms with Gasteiger partial charge in [-0.05, 0) is 47.0 Å². The number of methoxy groups -OCH3 is 1. The van der Waals surface area contributed by atoms with Crippen LogP contribution < -0.4 is 9.99 Å². The van der Waals surface area contributed by atoms with Crippen LogP contribution in [0.2, 0.25) is 18.1 Å². The molecule has 0 spiro atoms. The van der Waals surface area contributed by atoms with Crippen molar-refractivity contribution in [2.24, 2.45) is 0 Å². The van der Waals surface area contributed by atoms with Crippen molar-refractivity contribution >= 4 is 8.32 Å². The fraction of sp³-hybridized carbons (Fsp3) is 0.294. The third-order valence-corrected chi connectivity index (χ3v) is 12.3. The summed E-state index contributed by atoms with van der Waals surface area (Å²) in [6.07, 6.45) is 2.95. The van der Waals surface area contributed by atoms with Gasteiger partial charge in [0.05, 0.1) is 18.0 Å². The van der Waals surface area contributed by atoms with Gasteiger partial charge in [0, 0.05) is 31.7 Å². The molecule has 0 bridgehead atoms. The van der Waals surface area contributed by atoms with E-state index in [0.717, 1.165) is 39.4 Å². The number of aromatic nitrogens is 3. The number of hydrogen-bond donors (Lipinski definition) is 1. The maximum absolute atomic E-state index is 13.7. The van der Waals surface area contributed by atoms with Gasteiger partial charge in [-0.1, -0.05) is 87.5 Å². The zero-order valence-corrected chi connectivity index (χ0v) is 25.8. The molecule has 41 heavy (non-hydrogen) atoms. The largest absolute Gasteiger partial charge is 0.543 e. The number of fused-ring (bicyclic) bond motifs is 1. The zero-order valence-electron chi connectivity index (χ0n) is 24.8. The van der Waals surface area contributed by atoms with Gasteiger partial charge >= 0.3 is 0 Å². The van der Waals surface area contributed by atoms with E-state index in [1.54, 1.807) is 11.7 Å². The predicted molar refractivity (Wildman–Crippen MR) is 168 cm³/mol. The summed E-state index contributed by atoms with van der Waals surface area (Å²) >= 11 is 0. The summed E-state index contributed by atoms with van der Waals surface area (Å²) in [6, 6.07) is 26.5. The van der Waals surface area contributed by atoms with Crippen molar-refractivity contribution in [2.75, 3.05) is 7.11 Å². The first-order chi connectivity index (χ1) is 19.5. The van der Waals surface area contributed by atoms with Crippen molar-refractivity contribution in [3.8, 4) is 22.8 Å². The van der Waals surface area contributed by atoms with E-state index in [-0.39, 0.29) is 10.6 Å². The minimum atomic E-state index is -2.01. The van der Waals surface area contributed by atoms with Crippen molar-refractivity contribution in [1.82, 2.24) is 14.5 Å². The normalized spacial score (nSPS) is 12.1. The molecule has 0 fully saturated rings. The number of nitrogens with zero attached hydrogens (tertiary/aromatic N) is 2. The molecule has 212 valence electrons. The van der Waals surface area contributed by atoms with Gasteiger partial charge in [-0.2, -0.15) is 0 Å². The molecule has 7 heteroatoms. The Labute approximate surface area is 243 Å². The number of benzene rings is 3. The summed E-state index contributed by atoms with van der Waals surface area (Å²) in [5, 5.41) is 0.0879. The number of aromatic amines is 1. The van der Waals surface area contributed by atoms with Crippen molar-refractivity contribution in [2.45, 2.75) is 58.4 Å². The van der Waals surface area contributed by atoms with Crippen molar-refractivity contribution in [3.05, 3.63) is 123 Å². The molecule has 0 aromatic heterocycles. The van der Waals surface area contributed by atoms with Crippen LogP contribution in [0.15, 0.2) is 89.9 Å². The van der Waals surface area contributed by atoms with Gasteiger partial charge in [-0.15, -0.1) is 0 Å². The second-order valence-corrected chi connectivity index (χ2v) is 16.9. The van der Waals surface area contributed by atoms with Crippen LogP contribution in [0.3, 0.4) is 0 Å². The predicted octanol–water partition coefficient (Wildman–Crippen LogP) is 7.38. The summed E-state index contributed by atoms with van der Waals surface area (Å²) in [7, 11) is -0.328. The average molecular weight is 566 g/mol. The second-order valence-electron chi connectivity index (χ2n) is 12.2. The maximum atomic E-state index is 13.7. The summed E-state index contributed by atoms with van der Waals surface area (Å²) in [4.78, 5) is 22.2. The molecule has 0 unspecified atom stereocenters. The van der Waals surface area contributed by atoms with Crippen molar-refractivity contribution in [1.29, 1.82) is 0 Å². The monoisotopic (exact) mass is 565 g/mol. The van der Waals surface area contributed by atoms with Crippen LogP contribution in [-0.2, 0) is 24.2 Å². The first-order valence-electron chi connectivity index (χ1n) is 14.1. The summed E-state index contributed by atoms with van der Waals surface area (Å²) in [6.45, 7) is 11.7. The SMILES string of the molecule is COCc1cccc(Cc2nc3c(Cc4ccccc4)[nH]c(-c4cccc(O[Si](C)(C)C(C)(C)C)c4)cn-3c2=O)c1. The number of nitrogens with one attached hydrogen (secondary N) is 1. The Balaban J connectivity index is 1.58. The Bertz CT molecular complexity index is 1660. The van der Waals surface area contributed by atoms with Crippen molar-refractivity contribution in [3.63, 3.8) is 0 Å². The molecule has 3 aromatic rings. The minimum Gasteiger partial charge on any atom is -0.543 e. The summed E-state index contributed by atoms with van der Waals surface area (Å²) < 4.78 is 13.6. The highest BCUT2D eigenvalue weighted by atomic mass is 28.4. The van der Waals surface area contributed by atoms with Crippen LogP contribution in [0, 0.1) is 0 Å². The Hall–Kier alpha value is -3.94. The molecule has 0 aliphatic carbocycles. The van der Waals surface area contributed by atoms with E-state index in [4.69, 9.17) is 14.1 Å². The van der Waals surface area contributed by atoms with Crippen LogP contribution in [0.4, 0.5) is 0 Å². The lowest BCUT2D eigenvalue weighted by atomic mass is 10.1. The van der Waals surface area contributed by atoms with E-state index in [9.17, 15) is 4.79 Å². The fourth-order valence-corrected chi connectivity index (χ4v) is 5.75. The van der Waals surface area contributed by atoms with Gasteiger partial charge in [0.1, 0.15) is 11.4 Å². The van der Waals surface area contributed by atoms with Gasteiger partial charge < -0.3 is 14.1 Å². The molecule has 6 nitrogen and oxygen atoms in total. The highest BCUT2D eigenvalue weighted by molar-refractivity contribution is 6.74. The topological polar surface area (TPSA) is 69.1 Å². The van der Waals surface area contributed by atoms with Gasteiger partial charge in [0.25, 0.3) is 5.56 Å². The lowest BCUT2D eigenvalue weighted by Crippen LogP contribution is -2.43. The van der Waals surface area contributed by atoms with E-state index in [1.165, 1.54) is 0 Å². The van der Waals surface area contributed by atoms with Gasteiger partial charge in [-0.3, -0.25) is 9.36 Å². The quantitative estimate of drug-likeness (QED) is 0.189. The van der Waals surface area contributed by atoms with Crippen LogP contribution in [0.25, 0.3) is 17.1 Å². The summed E-state index contributed by atoms with van der Waals surface area (Å²) in [5.74, 6) is 1.50. The highest BCUT2D eigenvalue weighted by Gasteiger charge is 2.39. The molecule has 2 aliphatic heterocycles. The molecular weight excluding hydrogens is 526 g/mol. The minimum absolute atomic E-state index is 0.0879.